The van der Waals surface area contributed by atoms with Crippen molar-refractivity contribution in [2.24, 2.45) is 0 Å². The van der Waals surface area contributed by atoms with Crippen LogP contribution in [0, 0.1) is 12.7 Å². The van der Waals surface area contributed by atoms with E-state index in [1.54, 1.807) is 19.2 Å². The van der Waals surface area contributed by atoms with Gasteiger partial charge in [-0.2, -0.15) is 0 Å². The van der Waals surface area contributed by atoms with Gasteiger partial charge in [0, 0.05) is 16.6 Å². The van der Waals surface area contributed by atoms with Crippen molar-refractivity contribution in [1.29, 1.82) is 0 Å². The van der Waals surface area contributed by atoms with E-state index in [-0.39, 0.29) is 5.82 Å². The minimum Gasteiger partial charge on any atom is -0.301 e. The summed E-state index contributed by atoms with van der Waals surface area (Å²) in [5.74, 6) is -0.282. The van der Waals surface area contributed by atoms with Crippen LogP contribution in [0.2, 0.25) is 5.02 Å². The average molecular weight is 275 g/mol. The molecule has 1 N–H and O–H groups in total. The smallest absolute Gasteiger partial charge is 0.192 e. The molecule has 0 fully saturated rings. The maximum atomic E-state index is 13.5. The summed E-state index contributed by atoms with van der Waals surface area (Å²) in [6, 6.07) is 3.03. The highest BCUT2D eigenvalue weighted by atomic mass is 35.5. The number of benzene rings is 1. The molecule has 2 nitrogen and oxygen atoms in total. The maximum Gasteiger partial charge on any atom is 0.192 e. The van der Waals surface area contributed by atoms with Crippen LogP contribution in [0.4, 0.5) is 9.52 Å². The molecular formula is C10H8ClFN2S2. The van der Waals surface area contributed by atoms with Crippen LogP contribution in [-0.2, 0) is 0 Å². The summed E-state index contributed by atoms with van der Waals surface area (Å²) in [4.78, 5) is 4.50. The molecule has 0 saturated heterocycles. The zero-order valence-corrected chi connectivity index (χ0v) is 10.7. The lowest BCUT2D eigenvalue weighted by Gasteiger charge is -2.05. The molecule has 1 aromatic carbocycles. The summed E-state index contributed by atoms with van der Waals surface area (Å²) >= 11 is 8.55. The maximum absolute atomic E-state index is 13.5. The quantitative estimate of drug-likeness (QED) is 0.842. The zero-order valence-electron chi connectivity index (χ0n) is 8.33. The molecule has 0 unspecified atom stereocenters. The molecule has 0 saturated carbocycles. The summed E-state index contributed by atoms with van der Waals surface area (Å²) in [5, 5.41) is 3.15. The lowest BCUT2D eigenvalue weighted by molar-refractivity contribution is 0.601. The molecule has 0 atom stereocenters. The number of hydrogen-bond acceptors (Lipinski definition) is 4. The number of thiazole rings is 1. The number of rotatable bonds is 3. The normalized spacial score (nSPS) is 10.4. The molecule has 0 aliphatic heterocycles. The van der Waals surface area contributed by atoms with Crippen molar-refractivity contribution in [2.45, 2.75) is 11.8 Å². The topological polar surface area (TPSA) is 24.9 Å². The van der Waals surface area contributed by atoms with Gasteiger partial charge in [0.15, 0.2) is 5.13 Å². The van der Waals surface area contributed by atoms with E-state index >= 15 is 0 Å². The van der Waals surface area contributed by atoms with Crippen LogP contribution >= 0.6 is 34.9 Å². The Morgan fingerprint density at radius 1 is 1.50 bits per heavy atom. The molecule has 84 valence electrons. The first-order chi connectivity index (χ1) is 7.66. The first-order valence-electron chi connectivity index (χ1n) is 4.45. The van der Waals surface area contributed by atoms with Gasteiger partial charge < -0.3 is 4.72 Å². The monoisotopic (exact) mass is 274 g/mol. The first kappa shape index (κ1) is 11.7. The third kappa shape index (κ3) is 2.66. The molecule has 1 aromatic heterocycles. The van der Waals surface area contributed by atoms with Crippen LogP contribution < -0.4 is 4.72 Å². The molecule has 0 spiro atoms. The fourth-order valence-electron chi connectivity index (χ4n) is 1.08. The lowest BCUT2D eigenvalue weighted by atomic mass is 10.2. The Labute approximate surface area is 106 Å². The molecule has 16 heavy (non-hydrogen) atoms. The van der Waals surface area contributed by atoms with Crippen LogP contribution in [0.15, 0.2) is 28.6 Å². The molecular weight excluding hydrogens is 267 g/mol. The van der Waals surface area contributed by atoms with Gasteiger partial charge in [0.1, 0.15) is 5.82 Å². The summed E-state index contributed by atoms with van der Waals surface area (Å²) in [6.45, 7) is 1.77. The molecule has 0 bridgehead atoms. The molecule has 0 amide bonds. The highest BCUT2D eigenvalue weighted by molar-refractivity contribution is 8.00. The van der Waals surface area contributed by atoms with Gasteiger partial charge in [0.25, 0.3) is 0 Å². The van der Waals surface area contributed by atoms with Crippen LogP contribution in [0.1, 0.15) is 5.56 Å². The van der Waals surface area contributed by atoms with Crippen LogP contribution in [0.5, 0.6) is 0 Å². The highest BCUT2D eigenvalue weighted by Gasteiger charge is 2.07. The second-order valence-corrected chi connectivity index (χ2v) is 5.22. The molecule has 6 heteroatoms. The number of nitrogens with one attached hydrogen (secondary N) is 1. The molecule has 0 aliphatic rings. The molecule has 0 aliphatic carbocycles. The van der Waals surface area contributed by atoms with Gasteiger partial charge in [0.2, 0.25) is 0 Å². The predicted molar refractivity (Wildman–Crippen MR) is 67.7 cm³/mol. The van der Waals surface area contributed by atoms with E-state index in [1.165, 1.54) is 29.4 Å². The number of nitrogens with zero attached hydrogens (tertiary/aromatic N) is 1. The largest absolute Gasteiger partial charge is 0.301 e. The van der Waals surface area contributed by atoms with Crippen molar-refractivity contribution in [3.8, 4) is 0 Å². The van der Waals surface area contributed by atoms with Gasteiger partial charge >= 0.3 is 0 Å². The summed E-state index contributed by atoms with van der Waals surface area (Å²) in [6.07, 6.45) is 1.69. The van der Waals surface area contributed by atoms with E-state index < -0.39 is 0 Å². The van der Waals surface area contributed by atoms with Gasteiger partial charge in [0.05, 0.1) is 4.90 Å². The third-order valence-corrected chi connectivity index (χ3v) is 3.95. The van der Waals surface area contributed by atoms with E-state index in [9.17, 15) is 4.39 Å². The van der Waals surface area contributed by atoms with Crippen LogP contribution in [-0.4, -0.2) is 4.98 Å². The number of aryl methyl sites for hydroxylation is 1. The second kappa shape index (κ2) is 5.03. The zero-order chi connectivity index (χ0) is 11.5. The van der Waals surface area contributed by atoms with Crippen LogP contribution in [0.3, 0.4) is 0 Å². The van der Waals surface area contributed by atoms with Crippen molar-refractivity contribution in [3.63, 3.8) is 0 Å². The molecule has 2 aromatic rings. The van der Waals surface area contributed by atoms with Gasteiger partial charge in [-0.3, -0.25) is 0 Å². The van der Waals surface area contributed by atoms with Crippen molar-refractivity contribution in [1.82, 2.24) is 4.98 Å². The Morgan fingerprint density at radius 3 is 3.00 bits per heavy atom. The molecule has 1 heterocycles. The lowest BCUT2D eigenvalue weighted by Crippen LogP contribution is -1.90. The molecule has 0 radical (unpaired) electrons. The van der Waals surface area contributed by atoms with E-state index in [0.29, 0.717) is 9.92 Å². The Balaban J connectivity index is 2.12. The second-order valence-electron chi connectivity index (χ2n) is 3.07. The van der Waals surface area contributed by atoms with Crippen molar-refractivity contribution < 1.29 is 4.39 Å². The number of anilines is 1. The predicted octanol–water partition coefficient (Wildman–Crippen LogP) is 4.36. The van der Waals surface area contributed by atoms with Crippen molar-refractivity contribution in [3.05, 3.63) is 40.1 Å². The Hall–Kier alpha value is -0.780. The Morgan fingerprint density at radius 2 is 2.31 bits per heavy atom. The summed E-state index contributed by atoms with van der Waals surface area (Å²) in [7, 11) is 0. The van der Waals surface area contributed by atoms with E-state index in [2.05, 4.69) is 9.71 Å². The van der Waals surface area contributed by atoms with Crippen molar-refractivity contribution >= 4 is 40.0 Å². The Kier molecular flexibility index (Phi) is 3.68. The minimum atomic E-state index is -0.282. The van der Waals surface area contributed by atoms with E-state index in [4.69, 9.17) is 11.6 Å². The van der Waals surface area contributed by atoms with Crippen molar-refractivity contribution in [2.75, 3.05) is 4.72 Å². The SMILES string of the molecule is Cc1cc(F)c(SNc2nccs2)cc1Cl. The summed E-state index contributed by atoms with van der Waals surface area (Å²) < 4.78 is 16.5. The van der Waals surface area contributed by atoms with Crippen LogP contribution in [0.25, 0.3) is 0 Å². The number of hydrogen-bond donors (Lipinski definition) is 1. The summed E-state index contributed by atoms with van der Waals surface area (Å²) in [5.41, 5.74) is 0.734. The third-order valence-electron chi connectivity index (χ3n) is 1.89. The number of aromatic nitrogens is 1. The van der Waals surface area contributed by atoms with E-state index in [1.807, 2.05) is 5.38 Å². The van der Waals surface area contributed by atoms with Gasteiger partial charge in [-0.25, -0.2) is 9.37 Å². The fraction of sp³-hybridized carbons (Fsp3) is 0.100. The standard InChI is InChI=1S/C10H8ClFN2S2/c1-6-4-8(12)9(5-7(6)11)16-14-10-13-2-3-15-10/h2-5H,1H3,(H,13,14). The fourth-order valence-corrected chi connectivity index (χ4v) is 2.58. The highest BCUT2D eigenvalue weighted by Crippen LogP contribution is 2.29. The first-order valence-corrected chi connectivity index (χ1v) is 6.52. The number of halogens is 2. The average Bonchev–Trinajstić information content (AvgIpc) is 2.74. The van der Waals surface area contributed by atoms with E-state index in [0.717, 1.165) is 10.7 Å². The van der Waals surface area contributed by atoms with Gasteiger partial charge in [-0.15, -0.1) is 11.3 Å². The van der Waals surface area contributed by atoms with Gasteiger partial charge in [-0.1, -0.05) is 11.6 Å². The molecule has 2 rings (SSSR count). The van der Waals surface area contributed by atoms with Gasteiger partial charge in [-0.05, 0) is 36.6 Å². The Bertz CT molecular complexity index is 488. The minimum absolute atomic E-state index is 0.282.